The standard InChI is InChI=1S/C21H23N3O4/c1-13-6-7-14(2)16(10-13)21(25)24(3)12-19-22-20(23-28-19)15-8-9-17(26-4)18(11-15)27-5/h6-11H,12H2,1-5H3. The summed E-state index contributed by atoms with van der Waals surface area (Å²) in [7, 11) is 4.86. The Kier molecular flexibility index (Phi) is 5.63. The smallest absolute Gasteiger partial charge is 0.254 e. The number of aryl methyl sites for hydroxylation is 2. The number of carbonyl (C=O) groups is 1. The Bertz CT molecular complexity index is 997. The topological polar surface area (TPSA) is 77.7 Å². The molecule has 28 heavy (non-hydrogen) atoms. The van der Waals surface area contributed by atoms with Crippen molar-refractivity contribution >= 4 is 5.91 Å². The minimum absolute atomic E-state index is 0.0907. The summed E-state index contributed by atoms with van der Waals surface area (Å²) in [6, 6.07) is 11.2. The number of benzene rings is 2. The molecule has 146 valence electrons. The summed E-state index contributed by atoms with van der Waals surface area (Å²) in [4.78, 5) is 18.7. The lowest BCUT2D eigenvalue weighted by atomic mass is 10.0. The van der Waals surface area contributed by atoms with Crippen molar-refractivity contribution in [2.45, 2.75) is 20.4 Å². The molecule has 0 radical (unpaired) electrons. The van der Waals surface area contributed by atoms with Gasteiger partial charge in [0.05, 0.1) is 20.8 Å². The molecular formula is C21H23N3O4. The molecule has 2 aromatic carbocycles. The van der Waals surface area contributed by atoms with Crippen molar-refractivity contribution in [2.24, 2.45) is 0 Å². The molecular weight excluding hydrogens is 358 g/mol. The zero-order valence-corrected chi connectivity index (χ0v) is 16.6. The van der Waals surface area contributed by atoms with Crippen LogP contribution in [0.5, 0.6) is 11.5 Å². The maximum absolute atomic E-state index is 12.8. The molecule has 0 spiro atoms. The Morgan fingerprint density at radius 1 is 1.07 bits per heavy atom. The monoisotopic (exact) mass is 381 g/mol. The highest BCUT2D eigenvalue weighted by Crippen LogP contribution is 2.31. The van der Waals surface area contributed by atoms with Crippen LogP contribution >= 0.6 is 0 Å². The number of amides is 1. The van der Waals surface area contributed by atoms with Gasteiger partial charge in [-0.3, -0.25) is 4.79 Å². The number of hydrogen-bond acceptors (Lipinski definition) is 6. The van der Waals surface area contributed by atoms with Gasteiger partial charge in [0.1, 0.15) is 0 Å². The molecule has 3 aromatic rings. The first-order chi connectivity index (χ1) is 13.4. The number of nitrogens with zero attached hydrogens (tertiary/aromatic N) is 3. The lowest BCUT2D eigenvalue weighted by molar-refractivity contribution is 0.0768. The first-order valence-corrected chi connectivity index (χ1v) is 8.80. The second-order valence-corrected chi connectivity index (χ2v) is 6.56. The second-order valence-electron chi connectivity index (χ2n) is 6.56. The minimum atomic E-state index is -0.0907. The van der Waals surface area contributed by atoms with Crippen LogP contribution in [0.1, 0.15) is 27.4 Å². The molecule has 0 aliphatic carbocycles. The molecule has 1 aromatic heterocycles. The highest BCUT2D eigenvalue weighted by molar-refractivity contribution is 5.95. The van der Waals surface area contributed by atoms with Crippen molar-refractivity contribution in [3.05, 3.63) is 59.0 Å². The summed E-state index contributed by atoms with van der Waals surface area (Å²) in [6.45, 7) is 4.10. The summed E-state index contributed by atoms with van der Waals surface area (Å²) in [5.74, 6) is 1.88. The van der Waals surface area contributed by atoms with Crippen molar-refractivity contribution in [1.29, 1.82) is 0 Å². The lowest BCUT2D eigenvalue weighted by Crippen LogP contribution is -2.27. The van der Waals surface area contributed by atoms with E-state index in [4.69, 9.17) is 14.0 Å². The summed E-state index contributed by atoms with van der Waals surface area (Å²) in [5, 5.41) is 4.01. The van der Waals surface area contributed by atoms with Gasteiger partial charge in [-0.15, -0.1) is 0 Å². The van der Waals surface area contributed by atoms with E-state index in [0.717, 1.165) is 16.7 Å². The predicted octanol–water partition coefficient (Wildman–Crippen LogP) is 3.64. The highest BCUT2D eigenvalue weighted by atomic mass is 16.5. The molecule has 1 heterocycles. The Hall–Kier alpha value is -3.35. The van der Waals surface area contributed by atoms with Crippen LogP contribution in [-0.2, 0) is 6.54 Å². The fourth-order valence-corrected chi connectivity index (χ4v) is 2.86. The van der Waals surface area contributed by atoms with E-state index in [-0.39, 0.29) is 12.5 Å². The average Bonchev–Trinajstić information content (AvgIpc) is 3.17. The van der Waals surface area contributed by atoms with Gasteiger partial charge in [0, 0.05) is 18.2 Å². The van der Waals surface area contributed by atoms with Gasteiger partial charge in [-0.25, -0.2) is 0 Å². The number of methoxy groups -OCH3 is 2. The first-order valence-electron chi connectivity index (χ1n) is 8.80. The maximum Gasteiger partial charge on any atom is 0.254 e. The van der Waals surface area contributed by atoms with Crippen molar-refractivity contribution < 1.29 is 18.8 Å². The minimum Gasteiger partial charge on any atom is -0.493 e. The van der Waals surface area contributed by atoms with Crippen LogP contribution in [0.3, 0.4) is 0 Å². The maximum atomic E-state index is 12.8. The Morgan fingerprint density at radius 2 is 1.82 bits per heavy atom. The van der Waals surface area contributed by atoms with E-state index in [1.54, 1.807) is 38.3 Å². The molecule has 1 amide bonds. The highest BCUT2D eigenvalue weighted by Gasteiger charge is 2.18. The quantitative estimate of drug-likeness (QED) is 0.649. The average molecular weight is 381 g/mol. The first kappa shape index (κ1) is 19.4. The molecule has 0 saturated heterocycles. The van der Waals surface area contributed by atoms with Gasteiger partial charge in [0.2, 0.25) is 11.7 Å². The van der Waals surface area contributed by atoms with Crippen LogP contribution in [-0.4, -0.2) is 42.2 Å². The van der Waals surface area contributed by atoms with Gasteiger partial charge in [-0.05, 0) is 43.7 Å². The van der Waals surface area contributed by atoms with E-state index in [2.05, 4.69) is 10.1 Å². The predicted molar refractivity (Wildman–Crippen MR) is 105 cm³/mol. The van der Waals surface area contributed by atoms with E-state index < -0.39 is 0 Å². The normalized spacial score (nSPS) is 10.6. The third-order valence-corrected chi connectivity index (χ3v) is 4.45. The summed E-state index contributed by atoms with van der Waals surface area (Å²) >= 11 is 0. The third kappa shape index (κ3) is 3.98. The third-order valence-electron chi connectivity index (χ3n) is 4.45. The molecule has 0 N–H and O–H groups in total. The van der Waals surface area contributed by atoms with E-state index in [9.17, 15) is 4.79 Å². The van der Waals surface area contributed by atoms with Gasteiger partial charge >= 0.3 is 0 Å². The van der Waals surface area contributed by atoms with Crippen molar-refractivity contribution in [3.63, 3.8) is 0 Å². The molecule has 7 heteroatoms. The fourth-order valence-electron chi connectivity index (χ4n) is 2.86. The van der Waals surface area contributed by atoms with Crippen molar-refractivity contribution in [2.75, 3.05) is 21.3 Å². The Morgan fingerprint density at radius 3 is 2.54 bits per heavy atom. The Labute approximate surface area is 163 Å². The van der Waals surface area contributed by atoms with Gasteiger partial charge in [-0.2, -0.15) is 4.98 Å². The summed E-state index contributed by atoms with van der Waals surface area (Å²) in [5.41, 5.74) is 3.37. The van der Waals surface area contributed by atoms with E-state index >= 15 is 0 Å². The fraction of sp³-hybridized carbons (Fsp3) is 0.286. The molecule has 0 aliphatic heterocycles. The molecule has 0 atom stereocenters. The molecule has 0 aliphatic rings. The van der Waals surface area contributed by atoms with E-state index in [1.807, 2.05) is 38.1 Å². The van der Waals surface area contributed by atoms with Crippen molar-refractivity contribution in [3.8, 4) is 22.9 Å². The second kappa shape index (κ2) is 8.12. The molecule has 7 nitrogen and oxygen atoms in total. The number of rotatable bonds is 6. The zero-order chi connectivity index (χ0) is 20.3. The van der Waals surface area contributed by atoms with E-state index in [0.29, 0.717) is 28.8 Å². The number of carbonyl (C=O) groups excluding carboxylic acids is 1. The van der Waals surface area contributed by atoms with Gasteiger partial charge < -0.3 is 18.9 Å². The Balaban J connectivity index is 1.77. The molecule has 3 rings (SSSR count). The van der Waals surface area contributed by atoms with E-state index in [1.165, 1.54) is 0 Å². The van der Waals surface area contributed by atoms with Crippen LogP contribution in [0.15, 0.2) is 40.9 Å². The van der Waals surface area contributed by atoms with Crippen molar-refractivity contribution in [1.82, 2.24) is 15.0 Å². The van der Waals surface area contributed by atoms with Crippen LogP contribution in [0.2, 0.25) is 0 Å². The van der Waals surface area contributed by atoms with Gasteiger partial charge in [0.25, 0.3) is 5.91 Å². The number of aromatic nitrogens is 2. The SMILES string of the molecule is COc1ccc(-c2noc(CN(C)C(=O)c3cc(C)ccc3C)n2)cc1OC. The molecule has 0 bridgehead atoms. The van der Waals surface area contributed by atoms with Crippen LogP contribution in [0, 0.1) is 13.8 Å². The molecule has 0 fully saturated rings. The van der Waals surface area contributed by atoms with Crippen LogP contribution in [0.4, 0.5) is 0 Å². The largest absolute Gasteiger partial charge is 0.493 e. The summed E-state index contributed by atoms with van der Waals surface area (Å²) < 4.78 is 15.9. The molecule has 0 unspecified atom stereocenters. The van der Waals surface area contributed by atoms with Crippen LogP contribution < -0.4 is 9.47 Å². The number of ether oxygens (including phenoxy) is 2. The summed E-state index contributed by atoms with van der Waals surface area (Å²) in [6.07, 6.45) is 0. The van der Waals surface area contributed by atoms with Crippen LogP contribution in [0.25, 0.3) is 11.4 Å². The molecule has 0 saturated carbocycles. The van der Waals surface area contributed by atoms with Gasteiger partial charge in [0.15, 0.2) is 11.5 Å². The number of hydrogen-bond donors (Lipinski definition) is 0. The lowest BCUT2D eigenvalue weighted by Gasteiger charge is -2.16. The zero-order valence-electron chi connectivity index (χ0n) is 16.6. The van der Waals surface area contributed by atoms with Gasteiger partial charge in [-0.1, -0.05) is 22.9 Å².